The summed E-state index contributed by atoms with van der Waals surface area (Å²) in [5.74, 6) is -1.24. The van der Waals surface area contributed by atoms with E-state index >= 15 is 0 Å². The van der Waals surface area contributed by atoms with Gasteiger partial charge in [-0.3, -0.25) is 4.79 Å². The number of ether oxygens (including phenoxy) is 1. The quantitative estimate of drug-likeness (QED) is 0.450. The first-order valence-electron chi connectivity index (χ1n) is 10.2. The SMILES string of the molecule is CSc1ccccc1C(=O)O[C@H](C)C(=O)Nc1cc(S(=O)(=O)N2CCCCC2)ccc1Cl. The summed E-state index contributed by atoms with van der Waals surface area (Å²) in [6.07, 6.45) is 3.37. The molecule has 1 amide bonds. The number of piperidine rings is 1. The summed E-state index contributed by atoms with van der Waals surface area (Å²) < 4.78 is 32.6. The van der Waals surface area contributed by atoms with Gasteiger partial charge in [-0.1, -0.05) is 30.2 Å². The highest BCUT2D eigenvalue weighted by molar-refractivity contribution is 7.98. The maximum absolute atomic E-state index is 12.9. The lowest BCUT2D eigenvalue weighted by molar-refractivity contribution is -0.123. The number of amides is 1. The molecule has 1 saturated heterocycles. The number of hydrogen-bond donors (Lipinski definition) is 1. The van der Waals surface area contributed by atoms with Gasteiger partial charge in [0, 0.05) is 18.0 Å². The van der Waals surface area contributed by atoms with Crippen molar-refractivity contribution in [2.75, 3.05) is 24.7 Å². The van der Waals surface area contributed by atoms with E-state index in [2.05, 4.69) is 5.32 Å². The number of halogens is 1. The van der Waals surface area contributed by atoms with E-state index < -0.39 is 28.0 Å². The maximum atomic E-state index is 12.9. The van der Waals surface area contributed by atoms with E-state index in [0.717, 1.165) is 24.2 Å². The van der Waals surface area contributed by atoms with Crippen LogP contribution in [0.5, 0.6) is 0 Å². The molecule has 1 N–H and O–H groups in total. The van der Waals surface area contributed by atoms with Crippen LogP contribution in [0.3, 0.4) is 0 Å². The summed E-state index contributed by atoms with van der Waals surface area (Å²) in [7, 11) is -3.68. The first-order chi connectivity index (χ1) is 15.2. The second kappa shape index (κ2) is 10.7. The zero-order valence-corrected chi connectivity index (χ0v) is 20.2. The molecule has 0 unspecified atom stereocenters. The van der Waals surface area contributed by atoms with Crippen LogP contribution in [0.15, 0.2) is 52.3 Å². The Kier molecular flexibility index (Phi) is 8.21. The highest BCUT2D eigenvalue weighted by Gasteiger charge is 2.27. The smallest absolute Gasteiger partial charge is 0.340 e. The van der Waals surface area contributed by atoms with Crippen LogP contribution in [-0.2, 0) is 19.6 Å². The standard InChI is InChI=1S/C22H25ClN2O5S2/c1-15(30-22(27)17-8-4-5-9-20(17)31-2)21(26)24-19-14-16(10-11-18(19)23)32(28,29)25-12-6-3-7-13-25/h4-5,8-11,14-15H,3,6-7,12-13H2,1-2H3,(H,24,26)/t15-/m1/s1. The normalized spacial score (nSPS) is 15.7. The zero-order chi connectivity index (χ0) is 23.3. The minimum absolute atomic E-state index is 0.0534. The van der Waals surface area contributed by atoms with Gasteiger partial charge in [0.2, 0.25) is 10.0 Å². The second-order valence-corrected chi connectivity index (χ2v) is 10.5. The Balaban J connectivity index is 1.73. The first kappa shape index (κ1) is 24.6. The van der Waals surface area contributed by atoms with Crippen molar-refractivity contribution in [3.63, 3.8) is 0 Å². The Morgan fingerprint density at radius 2 is 1.81 bits per heavy atom. The molecule has 1 heterocycles. The summed E-state index contributed by atoms with van der Waals surface area (Å²) >= 11 is 7.59. The summed E-state index contributed by atoms with van der Waals surface area (Å²) in [6, 6.07) is 11.1. The van der Waals surface area contributed by atoms with Gasteiger partial charge in [-0.15, -0.1) is 11.8 Å². The molecule has 0 radical (unpaired) electrons. The van der Waals surface area contributed by atoms with Crippen molar-refractivity contribution in [1.82, 2.24) is 4.31 Å². The van der Waals surface area contributed by atoms with E-state index in [1.165, 1.54) is 41.2 Å². The number of carbonyl (C=O) groups excluding carboxylic acids is 2. The molecule has 3 rings (SSSR count). The maximum Gasteiger partial charge on any atom is 0.340 e. The highest BCUT2D eigenvalue weighted by atomic mass is 35.5. The summed E-state index contributed by atoms with van der Waals surface area (Å²) in [6.45, 7) is 2.38. The van der Waals surface area contributed by atoms with Crippen molar-refractivity contribution in [3.8, 4) is 0 Å². The van der Waals surface area contributed by atoms with Crippen LogP contribution >= 0.6 is 23.4 Å². The number of thioether (sulfide) groups is 1. The summed E-state index contributed by atoms with van der Waals surface area (Å²) in [4.78, 5) is 25.9. The molecule has 0 saturated carbocycles. The molecule has 2 aromatic rings. The number of nitrogens with one attached hydrogen (secondary N) is 1. The fourth-order valence-electron chi connectivity index (χ4n) is 3.34. The molecule has 1 aliphatic heterocycles. The minimum atomic E-state index is -3.68. The van der Waals surface area contributed by atoms with Crippen LogP contribution in [0.4, 0.5) is 5.69 Å². The highest BCUT2D eigenvalue weighted by Crippen LogP contribution is 2.28. The van der Waals surface area contributed by atoms with Gasteiger partial charge in [0.05, 0.1) is 21.2 Å². The molecule has 10 heteroatoms. The molecule has 2 aromatic carbocycles. The lowest BCUT2D eigenvalue weighted by Crippen LogP contribution is -2.35. The van der Waals surface area contributed by atoms with Crippen LogP contribution < -0.4 is 5.32 Å². The largest absolute Gasteiger partial charge is 0.449 e. The Labute approximate surface area is 197 Å². The van der Waals surface area contributed by atoms with Gasteiger partial charge in [-0.2, -0.15) is 4.31 Å². The zero-order valence-electron chi connectivity index (χ0n) is 17.8. The Morgan fingerprint density at radius 1 is 1.12 bits per heavy atom. The van der Waals surface area contributed by atoms with Crippen molar-refractivity contribution < 1.29 is 22.7 Å². The predicted octanol–water partition coefficient (Wildman–Crippen LogP) is 4.42. The fraction of sp³-hybridized carbons (Fsp3) is 0.364. The summed E-state index contributed by atoms with van der Waals surface area (Å²) in [5, 5.41) is 2.76. The first-order valence-corrected chi connectivity index (χ1v) is 13.2. The Hall–Kier alpha value is -2.07. The Morgan fingerprint density at radius 3 is 2.50 bits per heavy atom. The van der Waals surface area contributed by atoms with Crippen LogP contribution in [0, 0.1) is 0 Å². The number of carbonyl (C=O) groups is 2. The van der Waals surface area contributed by atoms with Crippen molar-refractivity contribution in [3.05, 3.63) is 53.1 Å². The second-order valence-electron chi connectivity index (χ2n) is 7.34. The third-order valence-electron chi connectivity index (χ3n) is 5.13. The van der Waals surface area contributed by atoms with E-state index in [-0.39, 0.29) is 15.6 Å². The van der Waals surface area contributed by atoms with E-state index in [4.69, 9.17) is 16.3 Å². The number of rotatable bonds is 7. The van der Waals surface area contributed by atoms with Gasteiger partial charge in [-0.05, 0) is 56.4 Å². The van der Waals surface area contributed by atoms with E-state index in [1.54, 1.807) is 18.2 Å². The van der Waals surface area contributed by atoms with Crippen LogP contribution in [0.1, 0.15) is 36.5 Å². The molecule has 172 valence electrons. The lowest BCUT2D eigenvalue weighted by Gasteiger charge is -2.26. The molecule has 1 fully saturated rings. The van der Waals surface area contributed by atoms with Gasteiger partial charge in [0.1, 0.15) is 0 Å². The summed E-state index contributed by atoms with van der Waals surface area (Å²) in [5.41, 5.74) is 0.509. The monoisotopic (exact) mass is 496 g/mol. The lowest BCUT2D eigenvalue weighted by atomic mass is 10.2. The number of esters is 1. The van der Waals surface area contributed by atoms with Crippen molar-refractivity contribution in [1.29, 1.82) is 0 Å². The molecule has 1 atom stereocenters. The molecular weight excluding hydrogens is 472 g/mol. The van der Waals surface area contributed by atoms with Gasteiger partial charge in [0.25, 0.3) is 5.91 Å². The fourth-order valence-corrected chi connectivity index (χ4v) is 5.63. The van der Waals surface area contributed by atoms with E-state index in [0.29, 0.717) is 18.7 Å². The average Bonchev–Trinajstić information content (AvgIpc) is 2.80. The van der Waals surface area contributed by atoms with Gasteiger partial charge >= 0.3 is 5.97 Å². The minimum Gasteiger partial charge on any atom is -0.449 e. The third kappa shape index (κ3) is 5.64. The van der Waals surface area contributed by atoms with Gasteiger partial charge < -0.3 is 10.1 Å². The van der Waals surface area contributed by atoms with Crippen LogP contribution in [-0.4, -0.2) is 50.0 Å². The van der Waals surface area contributed by atoms with Crippen molar-refractivity contribution in [2.24, 2.45) is 0 Å². The molecule has 0 aromatic heterocycles. The number of sulfonamides is 1. The van der Waals surface area contributed by atoms with Gasteiger partial charge in [0.15, 0.2) is 6.10 Å². The number of nitrogens with zero attached hydrogens (tertiary/aromatic N) is 1. The molecule has 0 aliphatic carbocycles. The van der Waals surface area contributed by atoms with E-state index in [1.807, 2.05) is 12.3 Å². The van der Waals surface area contributed by atoms with Crippen LogP contribution in [0.2, 0.25) is 5.02 Å². The molecule has 32 heavy (non-hydrogen) atoms. The molecule has 0 bridgehead atoms. The van der Waals surface area contributed by atoms with Crippen molar-refractivity contribution in [2.45, 2.75) is 42.1 Å². The molecule has 7 nitrogen and oxygen atoms in total. The average molecular weight is 497 g/mol. The van der Waals surface area contributed by atoms with Gasteiger partial charge in [-0.25, -0.2) is 13.2 Å². The third-order valence-corrected chi connectivity index (χ3v) is 8.15. The van der Waals surface area contributed by atoms with E-state index in [9.17, 15) is 18.0 Å². The topological polar surface area (TPSA) is 92.8 Å². The molecule has 1 aliphatic rings. The van der Waals surface area contributed by atoms with Crippen molar-refractivity contribution >= 4 is 50.9 Å². The van der Waals surface area contributed by atoms with Crippen LogP contribution in [0.25, 0.3) is 0 Å². The predicted molar refractivity (Wildman–Crippen MR) is 126 cm³/mol. The number of hydrogen-bond acceptors (Lipinski definition) is 6. The molecular formula is C22H25ClN2O5S2. The number of benzene rings is 2. The molecule has 0 spiro atoms. The number of anilines is 1. The Bertz CT molecular complexity index is 1100.